The molecule has 0 aromatic heterocycles. The maximum Gasteiger partial charge on any atom is 0.255 e. The van der Waals surface area contributed by atoms with Crippen LogP contribution in [0.3, 0.4) is 0 Å². The van der Waals surface area contributed by atoms with Crippen LogP contribution in [0.25, 0.3) is 0 Å². The Morgan fingerprint density at radius 1 is 1.21 bits per heavy atom. The van der Waals surface area contributed by atoms with Crippen molar-refractivity contribution in [2.75, 3.05) is 5.32 Å². The van der Waals surface area contributed by atoms with Gasteiger partial charge in [-0.3, -0.25) is 4.79 Å². The van der Waals surface area contributed by atoms with Crippen LogP contribution in [-0.2, 0) is 0 Å². The molecule has 19 heavy (non-hydrogen) atoms. The van der Waals surface area contributed by atoms with Gasteiger partial charge in [0.15, 0.2) is 5.82 Å². The summed E-state index contributed by atoms with van der Waals surface area (Å²) >= 11 is 5.61. The SMILES string of the molecule is Cc1cc(C(=O)Nc2cccc(Cl)c2F)ccc1F. The highest BCUT2D eigenvalue weighted by Crippen LogP contribution is 2.22. The number of aryl methyl sites for hydroxylation is 1. The number of halogens is 3. The Morgan fingerprint density at radius 2 is 1.95 bits per heavy atom. The molecule has 2 rings (SSSR count). The van der Waals surface area contributed by atoms with Crippen LogP contribution in [0.2, 0.25) is 5.02 Å². The van der Waals surface area contributed by atoms with Crippen molar-refractivity contribution in [1.29, 1.82) is 0 Å². The number of rotatable bonds is 2. The summed E-state index contributed by atoms with van der Waals surface area (Å²) in [5.74, 6) is -1.62. The van der Waals surface area contributed by atoms with Gasteiger partial charge in [0.2, 0.25) is 0 Å². The fraction of sp³-hybridized carbons (Fsp3) is 0.0714. The smallest absolute Gasteiger partial charge is 0.255 e. The van der Waals surface area contributed by atoms with Crippen molar-refractivity contribution in [3.05, 3.63) is 64.2 Å². The highest BCUT2D eigenvalue weighted by Gasteiger charge is 2.12. The van der Waals surface area contributed by atoms with E-state index in [-0.39, 0.29) is 16.3 Å². The third-order valence-electron chi connectivity index (χ3n) is 2.62. The maximum absolute atomic E-state index is 13.6. The number of hydrogen-bond acceptors (Lipinski definition) is 1. The summed E-state index contributed by atoms with van der Waals surface area (Å²) in [7, 11) is 0. The lowest BCUT2D eigenvalue weighted by Gasteiger charge is -2.08. The summed E-state index contributed by atoms with van der Waals surface area (Å²) in [6.07, 6.45) is 0. The van der Waals surface area contributed by atoms with Gasteiger partial charge in [-0.15, -0.1) is 0 Å². The number of nitrogens with one attached hydrogen (secondary N) is 1. The standard InChI is InChI=1S/C14H10ClF2NO/c1-8-7-9(5-6-11(8)16)14(19)18-12-4-2-3-10(15)13(12)17/h2-7H,1H3,(H,18,19). The van der Waals surface area contributed by atoms with E-state index < -0.39 is 17.5 Å². The Hall–Kier alpha value is -1.94. The van der Waals surface area contributed by atoms with E-state index in [2.05, 4.69) is 5.32 Å². The Balaban J connectivity index is 2.26. The molecule has 2 aromatic rings. The molecule has 0 spiro atoms. The predicted molar refractivity (Wildman–Crippen MR) is 70.5 cm³/mol. The summed E-state index contributed by atoms with van der Waals surface area (Å²) in [4.78, 5) is 11.9. The van der Waals surface area contributed by atoms with Crippen molar-refractivity contribution in [2.45, 2.75) is 6.92 Å². The van der Waals surface area contributed by atoms with Gasteiger partial charge in [-0.2, -0.15) is 0 Å². The molecule has 1 N–H and O–H groups in total. The molecular formula is C14H10ClF2NO. The zero-order valence-corrected chi connectivity index (χ0v) is 10.8. The molecule has 0 fully saturated rings. The van der Waals surface area contributed by atoms with Crippen molar-refractivity contribution in [2.24, 2.45) is 0 Å². The fourth-order valence-electron chi connectivity index (χ4n) is 1.58. The van der Waals surface area contributed by atoms with E-state index in [1.54, 1.807) is 6.92 Å². The number of carbonyl (C=O) groups is 1. The van der Waals surface area contributed by atoms with Crippen LogP contribution >= 0.6 is 11.6 Å². The average Bonchev–Trinajstić information content (AvgIpc) is 2.38. The molecule has 0 saturated carbocycles. The molecule has 0 aliphatic rings. The van der Waals surface area contributed by atoms with E-state index in [1.165, 1.54) is 36.4 Å². The molecule has 0 atom stereocenters. The molecule has 0 aliphatic heterocycles. The highest BCUT2D eigenvalue weighted by atomic mass is 35.5. The minimum absolute atomic E-state index is 0.0144. The predicted octanol–water partition coefficient (Wildman–Crippen LogP) is 4.18. The van der Waals surface area contributed by atoms with Crippen molar-refractivity contribution in [3.8, 4) is 0 Å². The summed E-state index contributed by atoms with van der Waals surface area (Å²) in [5.41, 5.74) is 0.581. The molecule has 0 aliphatic carbocycles. The van der Waals surface area contributed by atoms with Crippen LogP contribution in [0.4, 0.5) is 14.5 Å². The van der Waals surface area contributed by atoms with E-state index >= 15 is 0 Å². The van der Waals surface area contributed by atoms with E-state index in [9.17, 15) is 13.6 Å². The lowest BCUT2D eigenvalue weighted by atomic mass is 10.1. The summed E-state index contributed by atoms with van der Waals surface area (Å²) in [6.45, 7) is 1.55. The number of benzene rings is 2. The minimum atomic E-state index is -0.698. The first-order valence-electron chi connectivity index (χ1n) is 5.50. The van der Waals surface area contributed by atoms with E-state index in [4.69, 9.17) is 11.6 Å². The Kier molecular flexibility index (Phi) is 3.81. The summed E-state index contributed by atoms with van der Waals surface area (Å²) in [5, 5.41) is 2.32. The second-order valence-electron chi connectivity index (χ2n) is 4.02. The van der Waals surface area contributed by atoms with Crippen molar-refractivity contribution in [1.82, 2.24) is 0 Å². The van der Waals surface area contributed by atoms with E-state index in [0.717, 1.165) is 0 Å². The first-order chi connectivity index (χ1) is 8.99. The second-order valence-corrected chi connectivity index (χ2v) is 4.43. The molecule has 0 heterocycles. The molecule has 0 radical (unpaired) electrons. The Labute approximate surface area is 114 Å². The Bertz CT molecular complexity index is 643. The highest BCUT2D eigenvalue weighted by molar-refractivity contribution is 6.31. The number of anilines is 1. The zero-order valence-electron chi connectivity index (χ0n) is 10.0. The lowest BCUT2D eigenvalue weighted by molar-refractivity contribution is 0.102. The van der Waals surface area contributed by atoms with Crippen LogP contribution in [-0.4, -0.2) is 5.91 Å². The number of carbonyl (C=O) groups excluding carboxylic acids is 1. The van der Waals surface area contributed by atoms with Gasteiger partial charge >= 0.3 is 0 Å². The quantitative estimate of drug-likeness (QED) is 0.879. The monoisotopic (exact) mass is 281 g/mol. The van der Waals surface area contributed by atoms with Gasteiger partial charge in [-0.05, 0) is 42.8 Å². The molecular weight excluding hydrogens is 272 g/mol. The van der Waals surface area contributed by atoms with Crippen LogP contribution in [0, 0.1) is 18.6 Å². The van der Waals surface area contributed by atoms with Gasteiger partial charge in [-0.1, -0.05) is 17.7 Å². The number of amides is 1. The molecule has 5 heteroatoms. The molecule has 2 nitrogen and oxygen atoms in total. The largest absolute Gasteiger partial charge is 0.319 e. The normalized spacial score (nSPS) is 10.3. The van der Waals surface area contributed by atoms with Gasteiger partial charge in [0.25, 0.3) is 5.91 Å². The first-order valence-corrected chi connectivity index (χ1v) is 5.88. The fourth-order valence-corrected chi connectivity index (χ4v) is 1.76. The van der Waals surface area contributed by atoms with Crippen LogP contribution in [0.5, 0.6) is 0 Å². The van der Waals surface area contributed by atoms with Crippen molar-refractivity contribution < 1.29 is 13.6 Å². The van der Waals surface area contributed by atoms with Crippen LogP contribution in [0.1, 0.15) is 15.9 Å². The molecule has 0 unspecified atom stereocenters. The number of hydrogen-bond donors (Lipinski definition) is 1. The summed E-state index contributed by atoms with van der Waals surface area (Å²) < 4.78 is 26.7. The Morgan fingerprint density at radius 3 is 2.63 bits per heavy atom. The maximum atomic E-state index is 13.6. The molecule has 2 aromatic carbocycles. The molecule has 98 valence electrons. The van der Waals surface area contributed by atoms with Gasteiger partial charge in [0.1, 0.15) is 5.82 Å². The van der Waals surface area contributed by atoms with Crippen LogP contribution in [0.15, 0.2) is 36.4 Å². The summed E-state index contributed by atoms with van der Waals surface area (Å²) in [6, 6.07) is 8.23. The van der Waals surface area contributed by atoms with Crippen molar-refractivity contribution >= 4 is 23.2 Å². The second kappa shape index (κ2) is 5.36. The minimum Gasteiger partial charge on any atom is -0.319 e. The lowest BCUT2D eigenvalue weighted by Crippen LogP contribution is -2.13. The van der Waals surface area contributed by atoms with Gasteiger partial charge in [0, 0.05) is 5.56 Å². The van der Waals surface area contributed by atoms with Gasteiger partial charge < -0.3 is 5.32 Å². The first kappa shape index (κ1) is 13.5. The topological polar surface area (TPSA) is 29.1 Å². The van der Waals surface area contributed by atoms with E-state index in [0.29, 0.717) is 5.56 Å². The average molecular weight is 282 g/mol. The molecule has 0 bridgehead atoms. The van der Waals surface area contributed by atoms with Gasteiger partial charge in [0.05, 0.1) is 10.7 Å². The van der Waals surface area contributed by atoms with Crippen molar-refractivity contribution in [3.63, 3.8) is 0 Å². The molecule has 0 saturated heterocycles. The third kappa shape index (κ3) is 2.90. The van der Waals surface area contributed by atoms with Crippen LogP contribution < -0.4 is 5.32 Å². The zero-order chi connectivity index (χ0) is 14.0. The molecule has 1 amide bonds. The van der Waals surface area contributed by atoms with Gasteiger partial charge in [-0.25, -0.2) is 8.78 Å². The third-order valence-corrected chi connectivity index (χ3v) is 2.91. The van der Waals surface area contributed by atoms with E-state index in [1.807, 2.05) is 0 Å².